The quantitative estimate of drug-likeness (QED) is 0.488. The molecule has 0 heterocycles. The topological polar surface area (TPSA) is 59.9 Å². The van der Waals surface area contributed by atoms with Crippen LogP contribution in [-0.2, 0) is 6.42 Å². The lowest BCUT2D eigenvalue weighted by molar-refractivity contribution is 0.0949. The summed E-state index contributed by atoms with van der Waals surface area (Å²) in [6, 6.07) is 24.8. The van der Waals surface area contributed by atoms with E-state index in [9.17, 15) is 4.79 Å². The highest BCUT2D eigenvalue weighted by Gasteiger charge is 2.18. The van der Waals surface area contributed by atoms with Gasteiger partial charge >= 0.3 is 0 Å². The lowest BCUT2D eigenvalue weighted by Gasteiger charge is -2.11. The first-order chi connectivity index (χ1) is 14.3. The van der Waals surface area contributed by atoms with Gasteiger partial charge in [-0.2, -0.15) is 5.10 Å². The van der Waals surface area contributed by atoms with E-state index in [0.717, 1.165) is 29.9 Å². The van der Waals surface area contributed by atoms with E-state index in [1.165, 1.54) is 5.56 Å². The number of nitrogens with zero attached hydrogens (tertiary/aromatic N) is 1. The Morgan fingerprint density at radius 1 is 0.828 bits per heavy atom. The Morgan fingerprint density at radius 3 is 2.45 bits per heavy atom. The van der Waals surface area contributed by atoms with Crippen LogP contribution in [0.4, 0.5) is 0 Å². The number of hydrazone groups is 1. The van der Waals surface area contributed by atoms with Crippen LogP contribution in [0, 0.1) is 0 Å². The molecule has 1 N–H and O–H groups in total. The Balaban J connectivity index is 1.36. The number of carbonyl (C=O) groups is 1. The number of nitrogens with one attached hydrogen (secondary N) is 1. The number of fused-ring (bicyclic) bond motifs is 1. The maximum Gasteiger partial charge on any atom is 0.275 e. The third kappa shape index (κ3) is 4.63. The Hall–Kier alpha value is -3.60. The normalized spacial score (nSPS) is 13.7. The lowest BCUT2D eigenvalue weighted by atomic mass is 10.1. The summed E-state index contributed by atoms with van der Waals surface area (Å²) < 4.78 is 11.4. The molecule has 0 atom stereocenters. The van der Waals surface area contributed by atoms with Crippen LogP contribution in [0.3, 0.4) is 0 Å². The minimum absolute atomic E-state index is 0.290. The molecule has 3 aromatic carbocycles. The first-order valence-corrected chi connectivity index (χ1v) is 9.66. The molecule has 3 aromatic rings. The number of aryl methyl sites for hydroxylation is 1. The lowest BCUT2D eigenvalue weighted by Crippen LogP contribution is -2.21. The number of para-hydroxylation sites is 2. The molecule has 0 saturated carbocycles. The van der Waals surface area contributed by atoms with Gasteiger partial charge < -0.3 is 9.47 Å². The first-order valence-electron chi connectivity index (χ1n) is 9.66. The highest BCUT2D eigenvalue weighted by Crippen LogP contribution is 2.22. The van der Waals surface area contributed by atoms with Crippen molar-refractivity contribution in [2.24, 2.45) is 5.10 Å². The second kappa shape index (κ2) is 9.06. The molecule has 0 saturated heterocycles. The summed E-state index contributed by atoms with van der Waals surface area (Å²) in [6.45, 7) is 0.722. The molecule has 0 aliphatic heterocycles. The molecule has 0 radical (unpaired) electrons. The summed E-state index contributed by atoms with van der Waals surface area (Å²) >= 11 is 0. The molecule has 0 fully saturated rings. The average molecular weight is 386 g/mol. The van der Waals surface area contributed by atoms with Crippen LogP contribution in [-0.4, -0.2) is 24.8 Å². The predicted molar refractivity (Wildman–Crippen MR) is 113 cm³/mol. The minimum Gasteiger partial charge on any atom is -0.490 e. The largest absolute Gasteiger partial charge is 0.490 e. The van der Waals surface area contributed by atoms with Gasteiger partial charge in [0.15, 0.2) is 0 Å². The van der Waals surface area contributed by atoms with Crippen LogP contribution in [0.2, 0.25) is 0 Å². The van der Waals surface area contributed by atoms with Crippen molar-refractivity contribution in [1.29, 1.82) is 0 Å². The monoisotopic (exact) mass is 386 g/mol. The second-order valence-electron chi connectivity index (χ2n) is 6.66. The van der Waals surface area contributed by atoms with E-state index < -0.39 is 0 Å². The van der Waals surface area contributed by atoms with E-state index in [-0.39, 0.29) is 5.91 Å². The first kappa shape index (κ1) is 18.7. The molecule has 0 bridgehead atoms. The van der Waals surface area contributed by atoms with Crippen molar-refractivity contribution in [2.45, 2.75) is 12.8 Å². The molecule has 146 valence electrons. The maximum absolute atomic E-state index is 12.7. The molecular weight excluding hydrogens is 364 g/mol. The maximum atomic E-state index is 12.7. The summed E-state index contributed by atoms with van der Waals surface area (Å²) in [6.07, 6.45) is 1.78. The summed E-state index contributed by atoms with van der Waals surface area (Å²) in [4.78, 5) is 12.7. The van der Waals surface area contributed by atoms with E-state index in [0.29, 0.717) is 24.5 Å². The Labute approximate surface area is 170 Å². The molecule has 0 spiro atoms. The van der Waals surface area contributed by atoms with Gasteiger partial charge in [0.25, 0.3) is 5.91 Å². The van der Waals surface area contributed by atoms with E-state index in [2.05, 4.69) is 16.6 Å². The van der Waals surface area contributed by atoms with Crippen molar-refractivity contribution in [3.63, 3.8) is 0 Å². The molecule has 5 heteroatoms. The van der Waals surface area contributed by atoms with Crippen molar-refractivity contribution < 1.29 is 14.3 Å². The van der Waals surface area contributed by atoms with Gasteiger partial charge in [-0.15, -0.1) is 0 Å². The zero-order chi connectivity index (χ0) is 19.9. The SMILES string of the molecule is O=C(N/N=C1/CCc2ccccc21)c1ccccc1OCCOc1ccccc1. The summed E-state index contributed by atoms with van der Waals surface area (Å²) in [5.74, 6) is 1.00. The van der Waals surface area contributed by atoms with Crippen LogP contribution in [0.5, 0.6) is 11.5 Å². The van der Waals surface area contributed by atoms with Crippen LogP contribution < -0.4 is 14.9 Å². The van der Waals surface area contributed by atoms with Crippen molar-refractivity contribution in [3.8, 4) is 11.5 Å². The van der Waals surface area contributed by atoms with Crippen LogP contribution in [0.25, 0.3) is 0 Å². The van der Waals surface area contributed by atoms with Gasteiger partial charge in [0.05, 0.1) is 11.3 Å². The van der Waals surface area contributed by atoms with Crippen molar-refractivity contribution >= 4 is 11.6 Å². The smallest absolute Gasteiger partial charge is 0.275 e. The predicted octanol–water partition coefficient (Wildman–Crippen LogP) is 4.22. The van der Waals surface area contributed by atoms with Crippen molar-refractivity contribution in [2.75, 3.05) is 13.2 Å². The highest BCUT2D eigenvalue weighted by molar-refractivity contribution is 6.05. The van der Waals surface area contributed by atoms with Gasteiger partial charge in [-0.05, 0) is 42.7 Å². The van der Waals surface area contributed by atoms with Gasteiger partial charge in [0.2, 0.25) is 0 Å². The number of amides is 1. The average Bonchev–Trinajstić information content (AvgIpc) is 3.19. The molecule has 1 aliphatic carbocycles. The van der Waals surface area contributed by atoms with Crippen molar-refractivity contribution in [3.05, 3.63) is 95.6 Å². The molecule has 4 rings (SSSR count). The molecule has 1 amide bonds. The summed E-state index contributed by atoms with van der Waals surface area (Å²) in [7, 11) is 0. The highest BCUT2D eigenvalue weighted by atomic mass is 16.5. The van der Waals surface area contributed by atoms with Gasteiger partial charge in [0, 0.05) is 5.56 Å². The second-order valence-corrected chi connectivity index (χ2v) is 6.66. The number of ether oxygens (including phenoxy) is 2. The number of carbonyl (C=O) groups excluding carboxylic acids is 1. The summed E-state index contributed by atoms with van der Waals surface area (Å²) in [5.41, 5.74) is 6.40. The Bertz CT molecular complexity index is 1020. The number of rotatable bonds is 7. The Morgan fingerprint density at radius 2 is 1.55 bits per heavy atom. The molecular formula is C24H22N2O3. The Kier molecular flexibility index (Phi) is 5.86. The van der Waals surface area contributed by atoms with Crippen molar-refractivity contribution in [1.82, 2.24) is 5.43 Å². The summed E-state index contributed by atoms with van der Waals surface area (Å²) in [5, 5.41) is 4.35. The standard InChI is InChI=1S/C24H22N2O3/c27-24(26-25-22-15-14-18-8-4-5-11-20(18)22)21-12-6-7-13-23(21)29-17-16-28-19-9-2-1-3-10-19/h1-13H,14-17H2,(H,26,27)/b25-22-. The van der Waals surface area contributed by atoms with E-state index in [1.54, 1.807) is 18.2 Å². The fourth-order valence-corrected chi connectivity index (χ4v) is 3.31. The fraction of sp³-hybridized carbons (Fsp3) is 0.167. The van der Waals surface area contributed by atoms with Crippen LogP contribution >= 0.6 is 0 Å². The van der Waals surface area contributed by atoms with Crippen LogP contribution in [0.15, 0.2) is 84.0 Å². The van der Waals surface area contributed by atoms with Crippen LogP contribution in [0.1, 0.15) is 27.9 Å². The third-order valence-electron chi connectivity index (χ3n) is 4.74. The fourth-order valence-electron chi connectivity index (χ4n) is 3.31. The van der Waals surface area contributed by atoms with Gasteiger partial charge in [-0.25, -0.2) is 5.43 Å². The molecule has 0 aromatic heterocycles. The van der Waals surface area contributed by atoms with E-state index in [1.807, 2.05) is 54.6 Å². The zero-order valence-corrected chi connectivity index (χ0v) is 16.0. The number of benzene rings is 3. The molecule has 5 nitrogen and oxygen atoms in total. The van der Waals surface area contributed by atoms with Gasteiger partial charge in [-0.1, -0.05) is 54.6 Å². The van der Waals surface area contributed by atoms with Gasteiger partial charge in [-0.3, -0.25) is 4.79 Å². The molecule has 1 aliphatic rings. The molecule has 29 heavy (non-hydrogen) atoms. The number of hydrogen-bond acceptors (Lipinski definition) is 4. The third-order valence-corrected chi connectivity index (χ3v) is 4.74. The van der Waals surface area contributed by atoms with Gasteiger partial charge in [0.1, 0.15) is 24.7 Å². The van der Waals surface area contributed by atoms with E-state index >= 15 is 0 Å². The number of hydrogen-bond donors (Lipinski definition) is 1. The van der Waals surface area contributed by atoms with E-state index in [4.69, 9.17) is 9.47 Å². The molecule has 0 unspecified atom stereocenters. The zero-order valence-electron chi connectivity index (χ0n) is 16.0. The minimum atomic E-state index is -0.290.